The van der Waals surface area contributed by atoms with Gasteiger partial charge in [0.05, 0.1) is 18.3 Å². The van der Waals surface area contributed by atoms with Crippen molar-refractivity contribution in [2.75, 3.05) is 28.4 Å². The van der Waals surface area contributed by atoms with Crippen LogP contribution in [0.25, 0.3) is 0 Å². The fourth-order valence-electron chi connectivity index (χ4n) is 5.08. The molecule has 1 heterocycles. The van der Waals surface area contributed by atoms with Gasteiger partial charge in [-0.3, -0.25) is 0 Å². The second-order valence-corrected chi connectivity index (χ2v) is 9.18. The molecule has 0 radical (unpaired) electrons. The molecule has 10 atom stereocenters. The van der Waals surface area contributed by atoms with Crippen LogP contribution in [0.3, 0.4) is 0 Å². The van der Waals surface area contributed by atoms with Crippen LogP contribution in [0.4, 0.5) is 0 Å². The summed E-state index contributed by atoms with van der Waals surface area (Å²) in [6.07, 6.45) is 7.96. The Balaban J connectivity index is 1.96. The Labute approximate surface area is 188 Å². The van der Waals surface area contributed by atoms with Gasteiger partial charge in [0.25, 0.3) is 0 Å². The van der Waals surface area contributed by atoms with Crippen LogP contribution in [0, 0.1) is 23.7 Å². The van der Waals surface area contributed by atoms with Crippen molar-refractivity contribution in [3.63, 3.8) is 0 Å². The summed E-state index contributed by atoms with van der Waals surface area (Å²) in [5, 5.41) is 10.8. The number of ether oxygens (including phenoxy) is 5. The monoisotopic (exact) mass is 440 g/mol. The molecule has 0 bridgehead atoms. The average molecular weight is 441 g/mol. The SMILES string of the molecule is CC[C@H](OC)[C@@H](C)[C@H]1C[C@@H]1[C@H](O)[C@@H](C)/C=C/C=C(\C)[C@@H]1O[C@@H](OC)C[C@H](OC)[C@H]1OC. The van der Waals surface area contributed by atoms with Crippen molar-refractivity contribution < 1.29 is 28.8 Å². The van der Waals surface area contributed by atoms with Gasteiger partial charge in [-0.15, -0.1) is 0 Å². The van der Waals surface area contributed by atoms with Crippen molar-refractivity contribution in [1.82, 2.24) is 0 Å². The fraction of sp³-hybridized carbons (Fsp3) is 0.840. The summed E-state index contributed by atoms with van der Waals surface area (Å²) in [7, 11) is 6.80. The number of hydrogen-bond acceptors (Lipinski definition) is 6. The van der Waals surface area contributed by atoms with Crippen molar-refractivity contribution in [2.24, 2.45) is 23.7 Å². The zero-order valence-electron chi connectivity index (χ0n) is 20.6. The molecule has 0 aromatic carbocycles. The maximum absolute atomic E-state index is 10.8. The van der Waals surface area contributed by atoms with Gasteiger partial charge in [0.1, 0.15) is 12.2 Å². The van der Waals surface area contributed by atoms with E-state index in [2.05, 4.69) is 26.8 Å². The molecule has 1 aliphatic heterocycles. The highest BCUT2D eigenvalue weighted by Crippen LogP contribution is 2.49. The van der Waals surface area contributed by atoms with Gasteiger partial charge in [0.2, 0.25) is 0 Å². The maximum Gasteiger partial charge on any atom is 0.160 e. The number of allylic oxidation sites excluding steroid dienone is 2. The van der Waals surface area contributed by atoms with E-state index in [1.807, 2.05) is 19.1 Å². The molecule has 1 aliphatic carbocycles. The molecule has 0 unspecified atom stereocenters. The summed E-state index contributed by atoms with van der Waals surface area (Å²) >= 11 is 0. The van der Waals surface area contributed by atoms with Crippen LogP contribution >= 0.6 is 0 Å². The lowest BCUT2D eigenvalue weighted by Crippen LogP contribution is -2.51. The molecule has 0 amide bonds. The van der Waals surface area contributed by atoms with Crippen molar-refractivity contribution in [3.8, 4) is 0 Å². The van der Waals surface area contributed by atoms with Gasteiger partial charge < -0.3 is 28.8 Å². The standard InChI is InChI=1S/C25H44O6/c1-9-20(27-5)17(4)18-13-19(18)23(26)15(2)11-10-12-16(3)24-25(30-8)21(28-6)14-22(29-7)31-24/h10-12,15,17-26H,9,13-14H2,1-8H3/b11-10+,16-12+/t15-,17-,18+,19-,20-,21-,22+,23+,24-,25+/m0/s1. The molecule has 1 saturated carbocycles. The van der Waals surface area contributed by atoms with E-state index in [1.165, 1.54) is 0 Å². The van der Waals surface area contributed by atoms with Crippen LogP contribution < -0.4 is 0 Å². The third-order valence-corrected chi connectivity index (χ3v) is 7.28. The highest BCUT2D eigenvalue weighted by molar-refractivity contribution is 5.18. The van der Waals surface area contributed by atoms with Crippen LogP contribution in [0.1, 0.15) is 47.0 Å². The Bertz CT molecular complexity index is 587. The summed E-state index contributed by atoms with van der Waals surface area (Å²) in [5.74, 6) is 1.46. The lowest BCUT2D eigenvalue weighted by Gasteiger charge is -2.40. The molecule has 31 heavy (non-hydrogen) atoms. The van der Waals surface area contributed by atoms with E-state index in [-0.39, 0.29) is 42.7 Å². The third-order valence-electron chi connectivity index (χ3n) is 7.28. The Kier molecular flexibility index (Phi) is 10.7. The first-order valence-electron chi connectivity index (χ1n) is 11.6. The van der Waals surface area contributed by atoms with Gasteiger partial charge >= 0.3 is 0 Å². The average Bonchev–Trinajstić information content (AvgIpc) is 3.58. The normalized spacial score (nSPS) is 35.7. The second-order valence-electron chi connectivity index (χ2n) is 9.18. The third kappa shape index (κ3) is 6.62. The minimum Gasteiger partial charge on any atom is -0.392 e. The van der Waals surface area contributed by atoms with Gasteiger partial charge in [-0.2, -0.15) is 0 Å². The molecule has 180 valence electrons. The summed E-state index contributed by atoms with van der Waals surface area (Å²) in [6.45, 7) is 8.51. The van der Waals surface area contributed by atoms with Crippen LogP contribution in [0.5, 0.6) is 0 Å². The predicted molar refractivity (Wildman–Crippen MR) is 122 cm³/mol. The van der Waals surface area contributed by atoms with Gasteiger partial charge in [0.15, 0.2) is 6.29 Å². The van der Waals surface area contributed by atoms with Gasteiger partial charge in [-0.1, -0.05) is 39.0 Å². The first kappa shape index (κ1) is 26.5. The van der Waals surface area contributed by atoms with Crippen LogP contribution in [-0.2, 0) is 23.7 Å². The molecular formula is C25H44O6. The van der Waals surface area contributed by atoms with E-state index in [0.717, 1.165) is 18.4 Å². The Hall–Kier alpha value is -0.760. The van der Waals surface area contributed by atoms with Crippen LogP contribution in [-0.4, -0.2) is 70.4 Å². The quantitative estimate of drug-likeness (QED) is 0.463. The minimum absolute atomic E-state index is 0.0813. The summed E-state index contributed by atoms with van der Waals surface area (Å²) < 4.78 is 28.4. The maximum atomic E-state index is 10.8. The van der Waals surface area contributed by atoms with E-state index >= 15 is 0 Å². The zero-order chi connectivity index (χ0) is 23.1. The first-order chi connectivity index (χ1) is 14.8. The molecule has 1 saturated heterocycles. The van der Waals surface area contributed by atoms with E-state index < -0.39 is 0 Å². The Morgan fingerprint density at radius 1 is 1.06 bits per heavy atom. The fourth-order valence-corrected chi connectivity index (χ4v) is 5.08. The zero-order valence-corrected chi connectivity index (χ0v) is 20.6. The van der Waals surface area contributed by atoms with Crippen LogP contribution in [0.15, 0.2) is 23.8 Å². The molecular weight excluding hydrogens is 396 g/mol. The topological polar surface area (TPSA) is 66.4 Å². The molecule has 2 aliphatic rings. The number of methoxy groups -OCH3 is 4. The molecule has 2 rings (SSSR count). The van der Waals surface area contributed by atoms with E-state index in [0.29, 0.717) is 24.2 Å². The van der Waals surface area contributed by atoms with E-state index in [9.17, 15) is 5.11 Å². The van der Waals surface area contributed by atoms with Crippen molar-refractivity contribution in [1.29, 1.82) is 0 Å². The van der Waals surface area contributed by atoms with E-state index in [1.54, 1.807) is 28.4 Å². The molecule has 0 aromatic rings. The van der Waals surface area contributed by atoms with Gasteiger partial charge in [-0.25, -0.2) is 0 Å². The molecule has 2 fully saturated rings. The minimum atomic E-state index is -0.333. The molecule has 6 heteroatoms. The molecule has 1 N–H and O–H groups in total. The summed E-state index contributed by atoms with van der Waals surface area (Å²) in [4.78, 5) is 0. The van der Waals surface area contributed by atoms with Crippen LogP contribution in [0.2, 0.25) is 0 Å². The van der Waals surface area contributed by atoms with Gasteiger partial charge in [-0.05, 0) is 43.1 Å². The first-order valence-corrected chi connectivity index (χ1v) is 11.6. The molecule has 6 nitrogen and oxygen atoms in total. The lowest BCUT2D eigenvalue weighted by molar-refractivity contribution is -0.241. The number of rotatable bonds is 12. The summed E-state index contributed by atoms with van der Waals surface area (Å²) in [6, 6.07) is 0. The Morgan fingerprint density at radius 3 is 2.32 bits per heavy atom. The van der Waals surface area contributed by atoms with Crippen molar-refractivity contribution >= 4 is 0 Å². The highest BCUT2D eigenvalue weighted by Gasteiger charge is 2.48. The number of hydrogen-bond donors (Lipinski definition) is 1. The Morgan fingerprint density at radius 2 is 1.77 bits per heavy atom. The highest BCUT2D eigenvalue weighted by atomic mass is 16.7. The predicted octanol–water partition coefficient (Wildman–Crippen LogP) is 3.97. The van der Waals surface area contributed by atoms with Gasteiger partial charge in [0, 0.05) is 40.8 Å². The summed E-state index contributed by atoms with van der Waals surface area (Å²) in [5.41, 5.74) is 1.04. The van der Waals surface area contributed by atoms with Crippen molar-refractivity contribution in [2.45, 2.75) is 83.8 Å². The molecule has 0 spiro atoms. The largest absolute Gasteiger partial charge is 0.392 e. The number of aliphatic hydroxyl groups is 1. The smallest absolute Gasteiger partial charge is 0.160 e. The second kappa shape index (κ2) is 12.5. The number of aliphatic hydroxyl groups excluding tert-OH is 1. The lowest BCUT2D eigenvalue weighted by atomic mass is 9.91. The van der Waals surface area contributed by atoms with E-state index in [4.69, 9.17) is 23.7 Å². The van der Waals surface area contributed by atoms with Crippen molar-refractivity contribution in [3.05, 3.63) is 23.8 Å². The molecule has 0 aromatic heterocycles.